The topological polar surface area (TPSA) is 77.1 Å². The highest BCUT2D eigenvalue weighted by molar-refractivity contribution is 7.13. The predicted octanol–water partition coefficient (Wildman–Crippen LogP) is 3.81. The number of benzene rings is 2. The summed E-state index contributed by atoms with van der Waals surface area (Å²) in [5, 5.41) is 5.79. The summed E-state index contributed by atoms with van der Waals surface area (Å²) < 4.78 is 6.77. The minimum absolute atomic E-state index is 0.0601. The van der Waals surface area contributed by atoms with Gasteiger partial charge in [-0.2, -0.15) is 0 Å². The first-order valence-corrected chi connectivity index (χ1v) is 9.93. The fourth-order valence-corrected chi connectivity index (χ4v) is 3.83. The average Bonchev–Trinajstić information content (AvgIpc) is 3.32. The van der Waals surface area contributed by atoms with Crippen LogP contribution in [0.2, 0.25) is 0 Å². The number of nitrogens with one attached hydrogen (secondary N) is 1. The van der Waals surface area contributed by atoms with Crippen LogP contribution < -0.4 is 11.1 Å². The number of carbonyl (C=O) groups excluding carboxylic acids is 1. The minimum Gasteiger partial charge on any atom is -0.408 e. The highest BCUT2D eigenvalue weighted by Crippen LogP contribution is 2.23. The summed E-state index contributed by atoms with van der Waals surface area (Å²) in [4.78, 5) is 28.6. The van der Waals surface area contributed by atoms with Crippen LogP contribution in [0.15, 0.2) is 69.2 Å². The van der Waals surface area contributed by atoms with Gasteiger partial charge in [0.05, 0.1) is 17.8 Å². The molecule has 0 bridgehead atoms. The number of aryl methyl sites for hydroxylation is 1. The molecule has 0 fully saturated rings. The van der Waals surface area contributed by atoms with Crippen molar-refractivity contribution in [1.29, 1.82) is 0 Å². The normalized spacial score (nSPS) is 11.0. The fraction of sp³-hybridized carbons (Fsp3) is 0.190. The molecule has 6 nitrogen and oxygen atoms in total. The lowest BCUT2D eigenvalue weighted by Gasteiger charge is -2.04. The van der Waals surface area contributed by atoms with E-state index in [1.54, 1.807) is 22.0 Å². The molecule has 0 saturated carbocycles. The van der Waals surface area contributed by atoms with Crippen LogP contribution in [0.5, 0.6) is 0 Å². The summed E-state index contributed by atoms with van der Waals surface area (Å²) >= 11 is 1.56. The second-order valence-corrected chi connectivity index (χ2v) is 7.24. The average molecular weight is 393 g/mol. The number of hydrogen-bond donors (Lipinski definition) is 1. The standard InChI is InChI=1S/C21H19N3O3S/c25-19(11-6-12-24-17-9-4-5-10-18(17)27-21(24)26)22-13-16-14-28-20(23-16)15-7-2-1-3-8-15/h1-5,7-10,14H,6,11-13H2,(H,22,25). The quantitative estimate of drug-likeness (QED) is 0.518. The molecule has 1 N–H and O–H groups in total. The van der Waals surface area contributed by atoms with Gasteiger partial charge in [-0.25, -0.2) is 9.78 Å². The summed E-state index contributed by atoms with van der Waals surface area (Å²) in [6.07, 6.45) is 0.892. The number of para-hydroxylation sites is 2. The summed E-state index contributed by atoms with van der Waals surface area (Å²) in [5.74, 6) is -0.451. The molecule has 0 spiro atoms. The molecular weight excluding hydrogens is 374 g/mol. The molecule has 28 heavy (non-hydrogen) atoms. The lowest BCUT2D eigenvalue weighted by Crippen LogP contribution is -2.23. The fourth-order valence-electron chi connectivity index (χ4n) is 3.00. The van der Waals surface area contributed by atoms with Crippen molar-refractivity contribution in [3.63, 3.8) is 0 Å². The molecule has 142 valence electrons. The Bertz CT molecular complexity index is 1140. The number of fused-ring (bicyclic) bond motifs is 1. The number of nitrogens with zero attached hydrogens (tertiary/aromatic N) is 2. The third-order valence-corrected chi connectivity index (χ3v) is 5.34. The van der Waals surface area contributed by atoms with Gasteiger partial charge < -0.3 is 9.73 Å². The first-order valence-electron chi connectivity index (χ1n) is 9.05. The van der Waals surface area contributed by atoms with Crippen molar-refractivity contribution in [1.82, 2.24) is 14.9 Å². The van der Waals surface area contributed by atoms with Crippen molar-refractivity contribution in [2.24, 2.45) is 0 Å². The van der Waals surface area contributed by atoms with Gasteiger partial charge in [-0.1, -0.05) is 42.5 Å². The Morgan fingerprint density at radius 3 is 2.75 bits per heavy atom. The van der Waals surface area contributed by atoms with Gasteiger partial charge in [0.2, 0.25) is 5.91 Å². The van der Waals surface area contributed by atoms with Gasteiger partial charge >= 0.3 is 5.76 Å². The smallest absolute Gasteiger partial charge is 0.408 e. The van der Waals surface area contributed by atoms with Crippen LogP contribution >= 0.6 is 11.3 Å². The Morgan fingerprint density at radius 1 is 1.11 bits per heavy atom. The molecule has 0 aliphatic heterocycles. The molecule has 0 radical (unpaired) electrons. The van der Waals surface area contributed by atoms with E-state index >= 15 is 0 Å². The second-order valence-electron chi connectivity index (χ2n) is 6.38. The second kappa shape index (κ2) is 8.22. The molecule has 4 rings (SSSR count). The Balaban J connectivity index is 1.28. The van der Waals surface area contributed by atoms with Crippen LogP contribution in [-0.4, -0.2) is 15.5 Å². The monoisotopic (exact) mass is 393 g/mol. The Hall–Kier alpha value is -3.19. The molecule has 1 amide bonds. The molecule has 2 aromatic carbocycles. The Morgan fingerprint density at radius 2 is 1.89 bits per heavy atom. The molecule has 0 aliphatic carbocycles. The van der Waals surface area contributed by atoms with Gasteiger partial charge in [0.1, 0.15) is 5.01 Å². The van der Waals surface area contributed by atoms with Crippen LogP contribution in [0.1, 0.15) is 18.5 Å². The van der Waals surface area contributed by atoms with Gasteiger partial charge in [0.25, 0.3) is 0 Å². The third kappa shape index (κ3) is 4.04. The van der Waals surface area contributed by atoms with Crippen molar-refractivity contribution >= 4 is 28.3 Å². The SMILES string of the molecule is O=C(CCCn1c(=O)oc2ccccc21)NCc1csc(-c2ccccc2)n1. The molecule has 0 aliphatic rings. The van der Waals surface area contributed by atoms with E-state index in [1.807, 2.05) is 53.9 Å². The van der Waals surface area contributed by atoms with Gasteiger partial charge in [-0.3, -0.25) is 9.36 Å². The largest absolute Gasteiger partial charge is 0.419 e. The highest BCUT2D eigenvalue weighted by atomic mass is 32.1. The van der Waals surface area contributed by atoms with Crippen LogP contribution in [0, 0.1) is 0 Å². The molecular formula is C21H19N3O3S. The van der Waals surface area contributed by atoms with Gasteiger partial charge in [-0.05, 0) is 18.6 Å². The van der Waals surface area contributed by atoms with Gasteiger partial charge in [0.15, 0.2) is 5.58 Å². The van der Waals surface area contributed by atoms with E-state index in [0.29, 0.717) is 31.5 Å². The number of hydrogen-bond acceptors (Lipinski definition) is 5. The number of carbonyl (C=O) groups is 1. The van der Waals surface area contributed by atoms with Crippen molar-refractivity contribution in [3.8, 4) is 10.6 Å². The first-order chi connectivity index (χ1) is 13.7. The lowest BCUT2D eigenvalue weighted by atomic mass is 10.2. The summed E-state index contributed by atoms with van der Waals surface area (Å²) in [5.41, 5.74) is 3.23. The number of aromatic nitrogens is 2. The Kier molecular flexibility index (Phi) is 5.34. The zero-order chi connectivity index (χ0) is 19.3. The number of oxazole rings is 1. The molecule has 2 aromatic heterocycles. The van der Waals surface area contributed by atoms with Crippen molar-refractivity contribution < 1.29 is 9.21 Å². The van der Waals surface area contributed by atoms with E-state index in [2.05, 4.69) is 10.3 Å². The number of thiazole rings is 1. The van der Waals surface area contributed by atoms with E-state index in [1.165, 1.54) is 0 Å². The summed E-state index contributed by atoms with van der Waals surface area (Å²) in [6, 6.07) is 17.2. The third-order valence-electron chi connectivity index (χ3n) is 4.40. The van der Waals surface area contributed by atoms with Crippen LogP contribution in [0.25, 0.3) is 21.7 Å². The highest BCUT2D eigenvalue weighted by Gasteiger charge is 2.10. The number of amides is 1. The molecule has 0 atom stereocenters. The molecule has 0 saturated heterocycles. The van der Waals surface area contributed by atoms with E-state index in [-0.39, 0.29) is 5.91 Å². The maximum Gasteiger partial charge on any atom is 0.419 e. The molecule has 4 aromatic rings. The van der Waals surface area contributed by atoms with Gasteiger partial charge in [-0.15, -0.1) is 11.3 Å². The summed E-state index contributed by atoms with van der Waals surface area (Å²) in [7, 11) is 0. The lowest BCUT2D eigenvalue weighted by molar-refractivity contribution is -0.121. The molecule has 7 heteroatoms. The number of rotatable bonds is 7. The summed E-state index contributed by atoms with van der Waals surface area (Å²) in [6.45, 7) is 0.842. The van der Waals surface area contributed by atoms with Gasteiger partial charge in [0, 0.05) is 23.9 Å². The van der Waals surface area contributed by atoms with E-state index < -0.39 is 5.76 Å². The van der Waals surface area contributed by atoms with Crippen LogP contribution in [0.4, 0.5) is 0 Å². The predicted molar refractivity (Wildman–Crippen MR) is 109 cm³/mol. The van der Waals surface area contributed by atoms with E-state index in [9.17, 15) is 9.59 Å². The van der Waals surface area contributed by atoms with Crippen LogP contribution in [0.3, 0.4) is 0 Å². The Labute approximate surface area is 165 Å². The van der Waals surface area contributed by atoms with E-state index in [4.69, 9.17) is 4.42 Å². The van der Waals surface area contributed by atoms with Crippen molar-refractivity contribution in [2.45, 2.75) is 25.9 Å². The maximum atomic E-state index is 12.1. The first kappa shape index (κ1) is 18.2. The minimum atomic E-state index is -0.391. The zero-order valence-corrected chi connectivity index (χ0v) is 15.9. The van der Waals surface area contributed by atoms with Crippen molar-refractivity contribution in [3.05, 3.63) is 76.2 Å². The molecule has 2 heterocycles. The van der Waals surface area contributed by atoms with Crippen LogP contribution in [-0.2, 0) is 17.9 Å². The zero-order valence-electron chi connectivity index (χ0n) is 15.1. The van der Waals surface area contributed by atoms with E-state index in [0.717, 1.165) is 21.8 Å². The molecule has 0 unspecified atom stereocenters. The maximum absolute atomic E-state index is 12.1. The van der Waals surface area contributed by atoms with Crippen molar-refractivity contribution in [2.75, 3.05) is 0 Å².